The molecule has 0 aromatic heterocycles. The van der Waals surface area contributed by atoms with Crippen molar-refractivity contribution in [1.82, 2.24) is 9.80 Å². The standard InChI is InChI=1S/C43H41N5O13/c1-56-25-17-15-24(16-18-25)20-58-22-31-37(36(51)32(38(59-31)45-46-44)47-39(52)26-11-5-6-12-27(26)40(47)53)61-43-33(48-41(54)28-13-7-8-14-29(28)42(48)55)35(50)34(49)30(60-43)21-57-19-23-9-3-2-4-10-23/h2-18,30-38,43,49-51H,19-22H2,1H3/t30-,31-,32-,33-,34-,35-,36-,37-,38-,43+/m1/s1. The Morgan fingerprint density at radius 3 is 1.64 bits per heavy atom. The van der Waals surface area contributed by atoms with Crippen LogP contribution in [0.5, 0.6) is 5.75 Å². The summed E-state index contributed by atoms with van der Waals surface area (Å²) >= 11 is 0. The van der Waals surface area contributed by atoms with Crippen LogP contribution in [0.2, 0.25) is 0 Å². The first-order valence-electron chi connectivity index (χ1n) is 19.4. The Labute approximate surface area is 348 Å². The molecule has 0 aliphatic carbocycles. The first kappa shape index (κ1) is 41.7. The van der Waals surface area contributed by atoms with Crippen LogP contribution in [0.1, 0.15) is 52.6 Å². The van der Waals surface area contributed by atoms with Crippen LogP contribution < -0.4 is 4.74 Å². The average molecular weight is 836 g/mol. The maximum absolute atomic E-state index is 13.9. The largest absolute Gasteiger partial charge is 0.497 e. The van der Waals surface area contributed by atoms with Crippen molar-refractivity contribution in [3.05, 3.63) is 147 Å². The van der Waals surface area contributed by atoms with E-state index in [2.05, 4.69) is 10.0 Å². The number of aliphatic hydroxyl groups is 3. The van der Waals surface area contributed by atoms with Crippen LogP contribution in [0.25, 0.3) is 10.4 Å². The summed E-state index contributed by atoms with van der Waals surface area (Å²) in [7, 11) is 1.53. The van der Waals surface area contributed by atoms with Crippen LogP contribution in [0.3, 0.4) is 0 Å². The van der Waals surface area contributed by atoms with E-state index in [0.717, 1.165) is 20.9 Å². The number of ether oxygens (including phenoxy) is 6. The van der Waals surface area contributed by atoms with Gasteiger partial charge >= 0.3 is 0 Å². The van der Waals surface area contributed by atoms with Crippen molar-refractivity contribution in [2.24, 2.45) is 5.11 Å². The lowest BCUT2D eigenvalue weighted by Gasteiger charge is -2.50. The zero-order valence-electron chi connectivity index (χ0n) is 32.6. The molecular weight excluding hydrogens is 794 g/mol. The molecule has 0 bridgehead atoms. The predicted molar refractivity (Wildman–Crippen MR) is 210 cm³/mol. The highest BCUT2D eigenvalue weighted by Crippen LogP contribution is 2.38. The number of hydrogen-bond donors (Lipinski definition) is 3. The molecule has 316 valence electrons. The fraction of sp³-hybridized carbons (Fsp3) is 0.349. The summed E-state index contributed by atoms with van der Waals surface area (Å²) in [5, 5.41) is 39.4. The second-order valence-corrected chi connectivity index (χ2v) is 14.8. The van der Waals surface area contributed by atoms with E-state index >= 15 is 0 Å². The van der Waals surface area contributed by atoms with E-state index in [4.69, 9.17) is 28.4 Å². The van der Waals surface area contributed by atoms with Crippen molar-refractivity contribution in [1.29, 1.82) is 0 Å². The number of carbonyl (C=O) groups excluding carboxylic acids is 4. The first-order chi connectivity index (χ1) is 29.6. The number of fused-ring (bicyclic) bond motifs is 2. The fourth-order valence-electron chi connectivity index (χ4n) is 8.08. The number of rotatable bonds is 14. The van der Waals surface area contributed by atoms with Gasteiger partial charge in [0.15, 0.2) is 12.5 Å². The summed E-state index contributed by atoms with van der Waals surface area (Å²) in [6, 6.07) is 24.7. The third-order valence-electron chi connectivity index (χ3n) is 11.1. The second kappa shape index (κ2) is 17.9. The van der Waals surface area contributed by atoms with Crippen LogP contribution in [0.15, 0.2) is 108 Å². The summed E-state index contributed by atoms with van der Waals surface area (Å²) in [6.45, 7) is -0.526. The number of methoxy groups -OCH3 is 1. The molecule has 4 aliphatic heterocycles. The van der Waals surface area contributed by atoms with Gasteiger partial charge in [0.2, 0.25) is 0 Å². The van der Waals surface area contributed by atoms with Crippen molar-refractivity contribution in [2.75, 3.05) is 20.3 Å². The molecule has 3 N–H and O–H groups in total. The molecule has 18 nitrogen and oxygen atoms in total. The van der Waals surface area contributed by atoms with Crippen LogP contribution in [-0.2, 0) is 36.9 Å². The summed E-state index contributed by atoms with van der Waals surface area (Å²) in [6.07, 6.45) is -13.3. The van der Waals surface area contributed by atoms with Crippen molar-refractivity contribution in [2.45, 2.75) is 74.4 Å². The molecule has 4 amide bonds. The Bertz CT molecular complexity index is 2260. The Balaban J connectivity index is 1.14. The van der Waals surface area contributed by atoms with E-state index in [1.54, 1.807) is 48.5 Å². The van der Waals surface area contributed by atoms with E-state index in [-0.39, 0.29) is 48.7 Å². The number of amides is 4. The molecular formula is C43H41N5O13. The molecule has 2 saturated heterocycles. The zero-order valence-corrected chi connectivity index (χ0v) is 32.6. The van der Waals surface area contributed by atoms with Crippen LogP contribution in [-0.4, -0.2) is 130 Å². The second-order valence-electron chi connectivity index (χ2n) is 14.8. The minimum Gasteiger partial charge on any atom is -0.497 e. The first-order valence-corrected chi connectivity index (χ1v) is 19.4. The highest BCUT2D eigenvalue weighted by Gasteiger charge is 2.58. The smallest absolute Gasteiger partial charge is 0.262 e. The Hall–Kier alpha value is -6.05. The van der Waals surface area contributed by atoms with Gasteiger partial charge < -0.3 is 43.7 Å². The zero-order chi connectivity index (χ0) is 42.8. The van der Waals surface area contributed by atoms with Crippen molar-refractivity contribution >= 4 is 23.6 Å². The van der Waals surface area contributed by atoms with Crippen LogP contribution in [0.4, 0.5) is 0 Å². The van der Waals surface area contributed by atoms with Gasteiger partial charge in [0.05, 0.1) is 55.8 Å². The van der Waals surface area contributed by atoms with Gasteiger partial charge in [0, 0.05) is 4.91 Å². The van der Waals surface area contributed by atoms with E-state index in [1.807, 2.05) is 30.3 Å². The third-order valence-corrected chi connectivity index (χ3v) is 11.1. The van der Waals surface area contributed by atoms with Crippen molar-refractivity contribution in [3.63, 3.8) is 0 Å². The SMILES string of the molecule is COc1ccc(COC[C@H]2O[C@@H](N=[N+]=[N-])[C@H](N3C(=O)c4ccccc4C3=O)[C@@H](O)[C@@H]2O[C@@H]2O[C@H](COCc3ccccc3)[C@@H](O)[C@H](O)[C@H]2N2C(=O)c3ccccc3C2=O)cc1. The maximum Gasteiger partial charge on any atom is 0.262 e. The van der Waals surface area contributed by atoms with Gasteiger partial charge in [-0.05, 0) is 53.1 Å². The van der Waals surface area contributed by atoms with Crippen LogP contribution in [0, 0.1) is 0 Å². The van der Waals surface area contributed by atoms with Gasteiger partial charge in [-0.25, -0.2) is 0 Å². The molecule has 4 aliphatic rings. The molecule has 61 heavy (non-hydrogen) atoms. The predicted octanol–water partition coefficient (Wildman–Crippen LogP) is 2.99. The summed E-state index contributed by atoms with van der Waals surface area (Å²) < 4.78 is 36.2. The molecule has 0 spiro atoms. The lowest BCUT2D eigenvalue weighted by molar-refractivity contribution is -0.324. The van der Waals surface area contributed by atoms with E-state index in [0.29, 0.717) is 5.75 Å². The average Bonchev–Trinajstić information content (AvgIpc) is 3.68. The number of aliphatic hydroxyl groups excluding tert-OH is 3. The van der Waals surface area contributed by atoms with E-state index in [9.17, 15) is 40.0 Å². The lowest BCUT2D eigenvalue weighted by Crippen LogP contribution is -2.69. The molecule has 18 heteroatoms. The number of carbonyl (C=O) groups is 4. The number of azide groups is 1. The molecule has 0 unspecified atom stereocenters. The van der Waals surface area contributed by atoms with E-state index in [1.165, 1.54) is 31.4 Å². The monoisotopic (exact) mass is 835 g/mol. The highest BCUT2D eigenvalue weighted by molar-refractivity contribution is 6.22. The number of nitrogens with zero attached hydrogens (tertiary/aromatic N) is 5. The molecule has 2 fully saturated rings. The Kier molecular flexibility index (Phi) is 12.2. The third kappa shape index (κ3) is 7.99. The number of imide groups is 2. The molecule has 4 heterocycles. The van der Waals surface area contributed by atoms with Crippen molar-refractivity contribution < 1.29 is 62.9 Å². The molecule has 0 saturated carbocycles. The number of benzene rings is 4. The van der Waals surface area contributed by atoms with Crippen molar-refractivity contribution in [3.8, 4) is 5.75 Å². The highest BCUT2D eigenvalue weighted by atomic mass is 16.7. The normalized spacial score (nSPS) is 28.4. The van der Waals surface area contributed by atoms with E-state index < -0.39 is 84.9 Å². The molecule has 10 atom stereocenters. The molecule has 4 aromatic carbocycles. The van der Waals surface area contributed by atoms with Gasteiger partial charge in [-0.15, -0.1) is 0 Å². The summed E-state index contributed by atoms with van der Waals surface area (Å²) in [4.78, 5) is 59.9. The van der Waals surface area contributed by atoms with Crippen LogP contribution >= 0.6 is 0 Å². The van der Waals surface area contributed by atoms with Gasteiger partial charge in [-0.3, -0.25) is 29.0 Å². The Morgan fingerprint density at radius 2 is 1.11 bits per heavy atom. The van der Waals surface area contributed by atoms with Gasteiger partial charge in [-0.1, -0.05) is 71.8 Å². The molecule has 8 rings (SSSR count). The van der Waals surface area contributed by atoms with Gasteiger partial charge in [0.1, 0.15) is 54.5 Å². The molecule has 4 aromatic rings. The minimum absolute atomic E-state index is 0.0179. The lowest BCUT2D eigenvalue weighted by atomic mass is 9.93. The summed E-state index contributed by atoms with van der Waals surface area (Å²) in [5.74, 6) is -2.60. The molecule has 0 radical (unpaired) electrons. The Morgan fingerprint density at radius 1 is 0.623 bits per heavy atom. The quantitative estimate of drug-likeness (QED) is 0.0718. The van der Waals surface area contributed by atoms with Gasteiger partial charge in [-0.2, -0.15) is 0 Å². The van der Waals surface area contributed by atoms with Gasteiger partial charge in [0.25, 0.3) is 23.6 Å². The fourth-order valence-corrected chi connectivity index (χ4v) is 8.08. The minimum atomic E-state index is -1.91. The topological polar surface area (TPSA) is 240 Å². The summed E-state index contributed by atoms with van der Waals surface area (Å²) in [5.41, 5.74) is 11.3. The maximum atomic E-state index is 13.9. The number of hydrogen-bond acceptors (Lipinski definition) is 14.